The molecule has 2 aliphatic rings. The van der Waals surface area contributed by atoms with Crippen molar-refractivity contribution in [2.24, 2.45) is 11.8 Å². The zero-order valence-corrected chi connectivity index (χ0v) is 25.3. The fourth-order valence-corrected chi connectivity index (χ4v) is 5.35. The van der Waals surface area contributed by atoms with E-state index in [9.17, 15) is 31.1 Å². The van der Waals surface area contributed by atoms with Gasteiger partial charge >= 0.3 is 6.09 Å². The number of benzene rings is 2. The fourth-order valence-electron chi connectivity index (χ4n) is 5.35. The maximum absolute atomic E-state index is 14.2. The number of carbonyl (C=O) groups excluding carboxylic acids is 1. The molecule has 4 rings (SSSR count). The summed E-state index contributed by atoms with van der Waals surface area (Å²) in [5.41, 5.74) is -0.775. The van der Waals surface area contributed by atoms with Gasteiger partial charge in [0.1, 0.15) is 17.2 Å². The lowest BCUT2D eigenvalue weighted by molar-refractivity contribution is -0.0230. The van der Waals surface area contributed by atoms with Crippen molar-refractivity contribution in [1.82, 2.24) is 10.2 Å². The van der Waals surface area contributed by atoms with Crippen molar-refractivity contribution < 1.29 is 35.9 Å². The number of halogens is 6. The summed E-state index contributed by atoms with van der Waals surface area (Å²) >= 11 is 0. The number of hydrogen-bond donors (Lipinski definition) is 1. The Morgan fingerprint density at radius 3 is 1.53 bits per heavy atom. The quantitative estimate of drug-likeness (QED) is 0.302. The van der Waals surface area contributed by atoms with E-state index in [1.807, 2.05) is 20.8 Å². The Bertz CT molecular complexity index is 1120. The first-order valence-corrected chi connectivity index (χ1v) is 15.1. The van der Waals surface area contributed by atoms with Gasteiger partial charge in [-0.3, -0.25) is 0 Å². The number of rotatable bonds is 8. The highest BCUT2D eigenvalue weighted by molar-refractivity contribution is 5.68. The molecule has 1 N–H and O–H groups in total. The highest BCUT2D eigenvalue weighted by Crippen LogP contribution is 2.37. The highest BCUT2D eigenvalue weighted by Gasteiger charge is 2.34. The highest BCUT2D eigenvalue weighted by atomic mass is 19.3. The third kappa shape index (κ3) is 11.7. The van der Waals surface area contributed by atoms with Gasteiger partial charge in [-0.05, 0) is 108 Å². The summed E-state index contributed by atoms with van der Waals surface area (Å²) in [5, 5.41) is 3.22. The molecule has 2 heterocycles. The zero-order valence-electron chi connectivity index (χ0n) is 25.3. The van der Waals surface area contributed by atoms with E-state index >= 15 is 0 Å². The molecule has 10 heteroatoms. The lowest BCUT2D eigenvalue weighted by Crippen LogP contribution is -2.41. The van der Waals surface area contributed by atoms with Crippen LogP contribution in [0.2, 0.25) is 0 Å². The number of ether oxygens (including phenoxy) is 1. The van der Waals surface area contributed by atoms with Gasteiger partial charge in [0.2, 0.25) is 0 Å². The molecular weight excluding hydrogens is 570 g/mol. The second kappa shape index (κ2) is 15.3. The van der Waals surface area contributed by atoms with E-state index in [1.165, 1.54) is 12.1 Å². The van der Waals surface area contributed by atoms with Crippen LogP contribution in [0.25, 0.3) is 0 Å². The number of piperidine rings is 2. The molecule has 240 valence electrons. The van der Waals surface area contributed by atoms with Gasteiger partial charge in [-0.2, -0.15) is 0 Å². The van der Waals surface area contributed by atoms with Crippen molar-refractivity contribution >= 4 is 6.09 Å². The van der Waals surface area contributed by atoms with Crippen molar-refractivity contribution in [2.45, 2.75) is 89.6 Å². The normalized spacial score (nSPS) is 17.3. The Labute approximate surface area is 251 Å². The third-order valence-corrected chi connectivity index (χ3v) is 7.99. The average Bonchev–Trinajstić information content (AvgIpc) is 2.96. The van der Waals surface area contributed by atoms with Crippen LogP contribution in [0.4, 0.5) is 31.1 Å². The van der Waals surface area contributed by atoms with Gasteiger partial charge in [0.05, 0.1) is 0 Å². The predicted molar refractivity (Wildman–Crippen MR) is 155 cm³/mol. The number of carbonyl (C=O) groups is 1. The molecule has 2 aromatic rings. The number of likely N-dealkylation sites (tertiary alicyclic amines) is 1. The zero-order chi connectivity index (χ0) is 31.7. The second-order valence-corrected chi connectivity index (χ2v) is 12.6. The monoisotopic (exact) mass is 614 g/mol. The minimum atomic E-state index is -2.96. The average molecular weight is 615 g/mol. The topological polar surface area (TPSA) is 41.6 Å². The second-order valence-electron chi connectivity index (χ2n) is 12.6. The van der Waals surface area contributed by atoms with Crippen molar-refractivity contribution in [3.8, 4) is 0 Å². The standard InChI is InChI=1S/C19H26F3NO2.C14H18F3N/c1-18(2,3)25-17(24)23-12-9-14(10-13-23)8-11-19(21,22)15-4-6-16(20)7-5-15;15-13-3-1-12(2-4-13)14(16,17)8-5-11-6-9-18-10-7-11/h4-7,14H,8-13H2,1-3H3;1-4,11,18H,5-10H2. The van der Waals surface area contributed by atoms with Gasteiger partial charge in [0.15, 0.2) is 0 Å². The molecule has 0 atom stereocenters. The Balaban J connectivity index is 0.000000248. The van der Waals surface area contributed by atoms with E-state index in [0.717, 1.165) is 62.3 Å². The van der Waals surface area contributed by atoms with E-state index in [-0.39, 0.29) is 36.0 Å². The van der Waals surface area contributed by atoms with Crippen LogP contribution in [-0.4, -0.2) is 42.8 Å². The first kappa shape index (κ1) is 34.7. The molecule has 0 spiro atoms. The van der Waals surface area contributed by atoms with Gasteiger partial charge < -0.3 is 15.0 Å². The van der Waals surface area contributed by atoms with Crippen LogP contribution in [0.3, 0.4) is 0 Å². The molecule has 2 saturated heterocycles. The molecule has 0 aromatic heterocycles. The van der Waals surface area contributed by atoms with Crippen LogP contribution in [0, 0.1) is 23.5 Å². The smallest absolute Gasteiger partial charge is 0.410 e. The minimum Gasteiger partial charge on any atom is -0.444 e. The predicted octanol–water partition coefficient (Wildman–Crippen LogP) is 9.04. The molecule has 0 unspecified atom stereocenters. The van der Waals surface area contributed by atoms with Crippen LogP contribution in [0.15, 0.2) is 48.5 Å². The van der Waals surface area contributed by atoms with Crippen LogP contribution in [0.1, 0.15) is 83.3 Å². The molecule has 0 bridgehead atoms. The Kier molecular flexibility index (Phi) is 12.4. The van der Waals surface area contributed by atoms with Crippen LogP contribution in [-0.2, 0) is 16.6 Å². The molecule has 1 amide bonds. The Morgan fingerprint density at radius 1 is 0.744 bits per heavy atom. The van der Waals surface area contributed by atoms with Gasteiger partial charge in [-0.1, -0.05) is 24.3 Å². The number of hydrogen-bond acceptors (Lipinski definition) is 3. The van der Waals surface area contributed by atoms with E-state index < -0.39 is 29.1 Å². The van der Waals surface area contributed by atoms with E-state index in [2.05, 4.69) is 5.32 Å². The maximum atomic E-state index is 14.2. The van der Waals surface area contributed by atoms with Gasteiger partial charge in [-0.15, -0.1) is 0 Å². The maximum Gasteiger partial charge on any atom is 0.410 e. The lowest BCUT2D eigenvalue weighted by atomic mass is 9.89. The lowest BCUT2D eigenvalue weighted by Gasteiger charge is -2.34. The van der Waals surface area contributed by atoms with E-state index in [1.54, 1.807) is 4.90 Å². The fraction of sp³-hybridized carbons (Fsp3) is 0.606. The largest absolute Gasteiger partial charge is 0.444 e. The summed E-state index contributed by atoms with van der Waals surface area (Å²) in [6, 6.07) is 8.93. The van der Waals surface area contributed by atoms with E-state index in [0.29, 0.717) is 44.7 Å². The van der Waals surface area contributed by atoms with E-state index in [4.69, 9.17) is 4.74 Å². The number of nitrogens with one attached hydrogen (secondary N) is 1. The summed E-state index contributed by atoms with van der Waals surface area (Å²) in [6.45, 7) is 8.35. The molecule has 43 heavy (non-hydrogen) atoms. The number of alkyl halides is 4. The Hall–Kier alpha value is -2.75. The van der Waals surface area contributed by atoms with Gasteiger partial charge in [-0.25, -0.2) is 31.1 Å². The number of amides is 1. The molecule has 2 aliphatic heterocycles. The molecule has 4 nitrogen and oxygen atoms in total. The summed E-state index contributed by atoms with van der Waals surface area (Å²) in [7, 11) is 0. The van der Waals surface area contributed by atoms with Crippen molar-refractivity contribution in [1.29, 1.82) is 0 Å². The summed E-state index contributed by atoms with van der Waals surface area (Å²) < 4.78 is 87.2. The van der Waals surface area contributed by atoms with Crippen LogP contribution < -0.4 is 5.32 Å². The Morgan fingerprint density at radius 2 is 1.14 bits per heavy atom. The molecule has 2 aromatic carbocycles. The molecule has 0 saturated carbocycles. The minimum absolute atomic E-state index is 0.0853. The van der Waals surface area contributed by atoms with Crippen LogP contribution >= 0.6 is 0 Å². The van der Waals surface area contributed by atoms with Gasteiger partial charge in [0, 0.05) is 37.1 Å². The molecule has 0 aliphatic carbocycles. The summed E-state index contributed by atoms with van der Waals surface area (Å²) in [4.78, 5) is 13.6. The van der Waals surface area contributed by atoms with Crippen molar-refractivity contribution in [3.05, 3.63) is 71.3 Å². The third-order valence-electron chi connectivity index (χ3n) is 7.99. The molecule has 0 radical (unpaired) electrons. The summed E-state index contributed by atoms with van der Waals surface area (Å²) in [5.74, 6) is -6.27. The number of nitrogens with zero attached hydrogens (tertiary/aromatic N) is 1. The molecular formula is C33H44F6N2O2. The van der Waals surface area contributed by atoms with Crippen molar-refractivity contribution in [2.75, 3.05) is 26.2 Å². The van der Waals surface area contributed by atoms with Gasteiger partial charge in [0.25, 0.3) is 11.8 Å². The van der Waals surface area contributed by atoms with Crippen LogP contribution in [0.5, 0.6) is 0 Å². The summed E-state index contributed by atoms with van der Waals surface area (Å²) in [6.07, 6.45) is 3.48. The van der Waals surface area contributed by atoms with Crippen molar-refractivity contribution in [3.63, 3.8) is 0 Å². The first-order valence-electron chi connectivity index (χ1n) is 15.1. The SMILES string of the molecule is CC(C)(C)OC(=O)N1CCC(CCC(F)(F)c2ccc(F)cc2)CC1.Fc1ccc(C(F)(F)CCC2CCNCC2)cc1. The first-order chi connectivity index (χ1) is 20.1. The molecule has 2 fully saturated rings.